The summed E-state index contributed by atoms with van der Waals surface area (Å²) in [5.41, 5.74) is 0. The largest absolute Gasteiger partial charge is 0.469 e. The van der Waals surface area contributed by atoms with Gasteiger partial charge >= 0.3 is 11.9 Å². The van der Waals surface area contributed by atoms with Crippen molar-refractivity contribution >= 4 is 22.1 Å². The van der Waals surface area contributed by atoms with Gasteiger partial charge in [-0.25, -0.2) is 0 Å². The third-order valence-electron chi connectivity index (χ3n) is 3.26. The average Bonchev–Trinajstić information content (AvgIpc) is 2.93. The van der Waals surface area contributed by atoms with Crippen molar-refractivity contribution in [2.45, 2.75) is 12.8 Å². The first kappa shape index (κ1) is 16.9. The van der Waals surface area contributed by atoms with Crippen LogP contribution in [0.1, 0.15) is 12.8 Å². The summed E-state index contributed by atoms with van der Waals surface area (Å²) in [6.07, 6.45) is 0.428. The minimum atomic E-state index is -3.67. The van der Waals surface area contributed by atoms with Crippen LogP contribution >= 0.6 is 0 Å². The second-order valence-electron chi connectivity index (χ2n) is 4.52. The quantitative estimate of drug-likeness (QED) is 0.598. The Bertz CT molecular complexity index is 464. The molecule has 9 heteroatoms. The SMILES string of the molecule is COC(=O)CCN(C)S(=O)(=O)N1CCC(C(=O)OC)C1. The van der Waals surface area contributed by atoms with Gasteiger partial charge in [0.1, 0.15) is 0 Å². The van der Waals surface area contributed by atoms with Crippen molar-refractivity contribution in [3.63, 3.8) is 0 Å². The minimum Gasteiger partial charge on any atom is -0.469 e. The Balaban J connectivity index is 2.61. The maximum absolute atomic E-state index is 12.2. The fourth-order valence-corrected chi connectivity index (χ4v) is 3.38. The molecular formula is C11H20N2O6S. The predicted molar refractivity (Wildman–Crippen MR) is 69.9 cm³/mol. The smallest absolute Gasteiger partial charge is 0.310 e. The van der Waals surface area contributed by atoms with Crippen LogP contribution in [0.3, 0.4) is 0 Å². The molecular weight excluding hydrogens is 288 g/mol. The van der Waals surface area contributed by atoms with Gasteiger partial charge in [-0.05, 0) is 6.42 Å². The van der Waals surface area contributed by atoms with Crippen LogP contribution in [0.15, 0.2) is 0 Å². The number of esters is 2. The zero-order valence-corrected chi connectivity index (χ0v) is 12.7. The van der Waals surface area contributed by atoms with E-state index in [-0.39, 0.29) is 26.1 Å². The van der Waals surface area contributed by atoms with Crippen LogP contribution < -0.4 is 0 Å². The zero-order valence-electron chi connectivity index (χ0n) is 11.9. The number of rotatable bonds is 6. The molecule has 0 aromatic heterocycles. The van der Waals surface area contributed by atoms with Crippen molar-refractivity contribution in [1.29, 1.82) is 0 Å². The highest BCUT2D eigenvalue weighted by Crippen LogP contribution is 2.22. The summed E-state index contributed by atoms with van der Waals surface area (Å²) in [4.78, 5) is 22.4. The lowest BCUT2D eigenvalue weighted by molar-refractivity contribution is -0.144. The molecule has 0 aromatic rings. The van der Waals surface area contributed by atoms with Crippen molar-refractivity contribution in [2.24, 2.45) is 5.92 Å². The van der Waals surface area contributed by atoms with Crippen LogP contribution in [0.5, 0.6) is 0 Å². The number of nitrogens with zero attached hydrogens (tertiary/aromatic N) is 2. The Hall–Kier alpha value is -1.19. The molecule has 0 amide bonds. The minimum absolute atomic E-state index is 0.0134. The van der Waals surface area contributed by atoms with E-state index in [1.54, 1.807) is 0 Å². The van der Waals surface area contributed by atoms with Crippen molar-refractivity contribution in [3.05, 3.63) is 0 Å². The van der Waals surface area contributed by atoms with Crippen LogP contribution in [0.2, 0.25) is 0 Å². The Kier molecular flexibility index (Phi) is 5.90. The molecule has 1 saturated heterocycles. The summed E-state index contributed by atoms with van der Waals surface area (Å²) >= 11 is 0. The highest BCUT2D eigenvalue weighted by Gasteiger charge is 2.37. The van der Waals surface area contributed by atoms with Crippen molar-refractivity contribution < 1.29 is 27.5 Å². The number of ether oxygens (including phenoxy) is 2. The maximum Gasteiger partial charge on any atom is 0.310 e. The molecule has 1 atom stereocenters. The van der Waals surface area contributed by atoms with Gasteiger partial charge in [-0.3, -0.25) is 9.59 Å². The summed E-state index contributed by atoms with van der Waals surface area (Å²) in [5, 5.41) is 0. The summed E-state index contributed by atoms with van der Waals surface area (Å²) in [5.74, 6) is -1.30. The van der Waals surface area contributed by atoms with E-state index in [2.05, 4.69) is 9.47 Å². The van der Waals surface area contributed by atoms with E-state index in [9.17, 15) is 18.0 Å². The molecule has 0 aliphatic carbocycles. The van der Waals surface area contributed by atoms with Crippen molar-refractivity contribution in [1.82, 2.24) is 8.61 Å². The Morgan fingerprint density at radius 1 is 1.30 bits per heavy atom. The molecule has 1 heterocycles. The van der Waals surface area contributed by atoms with E-state index in [1.165, 1.54) is 25.6 Å². The van der Waals surface area contributed by atoms with Crippen molar-refractivity contribution in [2.75, 3.05) is 40.9 Å². The van der Waals surface area contributed by atoms with Crippen LogP contribution in [-0.2, 0) is 29.3 Å². The standard InChI is InChI=1S/C11H20N2O6S/c1-12(6-5-10(14)18-2)20(16,17)13-7-4-9(8-13)11(15)19-3/h9H,4-8H2,1-3H3. The molecule has 8 nitrogen and oxygen atoms in total. The number of carbonyl (C=O) groups excluding carboxylic acids is 2. The fraction of sp³-hybridized carbons (Fsp3) is 0.818. The highest BCUT2D eigenvalue weighted by molar-refractivity contribution is 7.86. The van der Waals surface area contributed by atoms with Crippen LogP contribution in [0.25, 0.3) is 0 Å². The van der Waals surface area contributed by atoms with Crippen molar-refractivity contribution in [3.8, 4) is 0 Å². The van der Waals surface area contributed by atoms with E-state index in [0.29, 0.717) is 6.42 Å². The molecule has 0 saturated carbocycles. The predicted octanol–water partition coefficient (Wildman–Crippen LogP) is -0.779. The van der Waals surface area contributed by atoms with E-state index in [0.717, 1.165) is 4.31 Å². The number of carbonyl (C=O) groups is 2. The molecule has 0 radical (unpaired) electrons. The molecule has 1 fully saturated rings. The number of methoxy groups -OCH3 is 2. The van der Waals surface area contributed by atoms with Gasteiger partial charge < -0.3 is 9.47 Å². The topological polar surface area (TPSA) is 93.2 Å². The summed E-state index contributed by atoms with van der Waals surface area (Å²) in [6, 6.07) is 0. The first-order chi connectivity index (χ1) is 9.32. The Morgan fingerprint density at radius 2 is 1.95 bits per heavy atom. The second kappa shape index (κ2) is 7.00. The molecule has 1 unspecified atom stereocenters. The van der Waals surface area contributed by atoms with Crippen LogP contribution in [-0.4, -0.2) is 69.9 Å². The third-order valence-corrected chi connectivity index (χ3v) is 5.22. The lowest BCUT2D eigenvalue weighted by Gasteiger charge is -2.23. The monoisotopic (exact) mass is 308 g/mol. The molecule has 0 N–H and O–H groups in total. The first-order valence-corrected chi connectivity index (χ1v) is 7.58. The van der Waals surface area contributed by atoms with Gasteiger partial charge in [-0.2, -0.15) is 17.0 Å². The molecule has 20 heavy (non-hydrogen) atoms. The molecule has 1 aliphatic rings. The third kappa shape index (κ3) is 3.90. The molecule has 0 aromatic carbocycles. The highest BCUT2D eigenvalue weighted by atomic mass is 32.2. The Morgan fingerprint density at radius 3 is 2.50 bits per heavy atom. The van der Waals surface area contributed by atoms with Gasteiger partial charge in [0.2, 0.25) is 0 Å². The Labute approximate surface area is 118 Å². The fourth-order valence-electron chi connectivity index (χ4n) is 1.96. The molecule has 1 rings (SSSR count). The van der Waals surface area contributed by atoms with E-state index in [4.69, 9.17) is 0 Å². The van der Waals surface area contributed by atoms with Gasteiger partial charge in [0, 0.05) is 26.7 Å². The van der Waals surface area contributed by atoms with Gasteiger partial charge in [-0.1, -0.05) is 0 Å². The maximum atomic E-state index is 12.2. The average molecular weight is 308 g/mol. The summed E-state index contributed by atoms with van der Waals surface area (Å²) in [7, 11) is 0.254. The zero-order chi connectivity index (χ0) is 15.3. The van der Waals surface area contributed by atoms with Gasteiger partial charge in [0.05, 0.1) is 26.6 Å². The summed E-state index contributed by atoms with van der Waals surface area (Å²) < 4.78 is 35.9. The normalized spacial score (nSPS) is 20.1. The lowest BCUT2D eigenvalue weighted by atomic mass is 10.1. The van der Waals surface area contributed by atoms with E-state index < -0.39 is 28.1 Å². The first-order valence-electron chi connectivity index (χ1n) is 6.19. The molecule has 1 aliphatic heterocycles. The van der Waals surface area contributed by atoms with E-state index in [1.807, 2.05) is 0 Å². The van der Waals surface area contributed by atoms with Gasteiger partial charge in [-0.15, -0.1) is 0 Å². The number of hydrogen-bond acceptors (Lipinski definition) is 6. The van der Waals surface area contributed by atoms with E-state index >= 15 is 0 Å². The second-order valence-corrected chi connectivity index (χ2v) is 6.56. The lowest BCUT2D eigenvalue weighted by Crippen LogP contribution is -2.41. The molecule has 116 valence electrons. The number of hydrogen-bond donors (Lipinski definition) is 0. The van der Waals surface area contributed by atoms with Gasteiger partial charge in [0.25, 0.3) is 10.2 Å². The van der Waals surface area contributed by atoms with Gasteiger partial charge in [0.15, 0.2) is 0 Å². The summed E-state index contributed by atoms with van der Waals surface area (Å²) in [6.45, 7) is 0.413. The van der Waals surface area contributed by atoms with Crippen LogP contribution in [0, 0.1) is 5.92 Å². The molecule has 0 spiro atoms. The van der Waals surface area contributed by atoms with Crippen LogP contribution in [0.4, 0.5) is 0 Å². The molecule has 0 bridgehead atoms.